The number of ether oxygens (including phenoxy) is 1. The van der Waals surface area contributed by atoms with Crippen LogP contribution in [0.5, 0.6) is 5.75 Å². The molecule has 0 saturated carbocycles. The van der Waals surface area contributed by atoms with E-state index >= 15 is 0 Å². The molecule has 2 aliphatic heterocycles. The minimum absolute atomic E-state index is 0.0899. The van der Waals surface area contributed by atoms with Crippen LogP contribution in [0.25, 0.3) is 0 Å². The van der Waals surface area contributed by atoms with Crippen molar-refractivity contribution in [3.8, 4) is 5.75 Å². The monoisotopic (exact) mass is 365 g/mol. The van der Waals surface area contributed by atoms with Crippen LogP contribution in [0.15, 0.2) is 48.5 Å². The lowest BCUT2D eigenvalue weighted by atomic mass is 9.97. The van der Waals surface area contributed by atoms with Crippen molar-refractivity contribution < 1.29 is 14.3 Å². The molecule has 0 atom stereocenters. The summed E-state index contributed by atoms with van der Waals surface area (Å²) in [5, 5.41) is 5.95. The van der Waals surface area contributed by atoms with E-state index in [4.69, 9.17) is 4.74 Å². The van der Waals surface area contributed by atoms with E-state index < -0.39 is 5.72 Å². The van der Waals surface area contributed by atoms with Crippen molar-refractivity contribution in [1.29, 1.82) is 0 Å². The van der Waals surface area contributed by atoms with Gasteiger partial charge < -0.3 is 20.3 Å². The predicted octanol–water partition coefficient (Wildman–Crippen LogP) is 2.82. The van der Waals surface area contributed by atoms with Gasteiger partial charge in [0.05, 0.1) is 5.56 Å². The van der Waals surface area contributed by atoms with Crippen molar-refractivity contribution in [1.82, 2.24) is 15.5 Å². The van der Waals surface area contributed by atoms with E-state index in [1.807, 2.05) is 49.4 Å². The molecule has 2 aromatic carbocycles. The van der Waals surface area contributed by atoms with Crippen LogP contribution in [0.3, 0.4) is 0 Å². The van der Waals surface area contributed by atoms with Gasteiger partial charge in [-0.1, -0.05) is 42.0 Å². The van der Waals surface area contributed by atoms with Crippen LogP contribution < -0.4 is 15.4 Å². The third kappa shape index (κ3) is 3.60. The fourth-order valence-electron chi connectivity index (χ4n) is 3.55. The first kappa shape index (κ1) is 17.4. The van der Waals surface area contributed by atoms with Gasteiger partial charge in [-0.3, -0.25) is 4.79 Å². The first-order valence-electron chi connectivity index (χ1n) is 9.24. The normalized spacial score (nSPS) is 17.7. The predicted molar refractivity (Wildman–Crippen MR) is 101 cm³/mol. The Hall–Kier alpha value is -3.02. The molecule has 1 fully saturated rings. The molecule has 140 valence electrons. The van der Waals surface area contributed by atoms with E-state index in [1.165, 1.54) is 5.56 Å². The SMILES string of the molecule is Cc1ccc(CNC(=O)N2CCC3(CC2)NC(=O)c2ccccc2O3)cc1. The molecule has 2 aromatic rings. The van der Waals surface area contributed by atoms with Gasteiger partial charge in [0.15, 0.2) is 5.72 Å². The molecule has 6 nitrogen and oxygen atoms in total. The first-order chi connectivity index (χ1) is 13.0. The minimum atomic E-state index is -0.723. The van der Waals surface area contributed by atoms with Crippen molar-refractivity contribution in [3.63, 3.8) is 0 Å². The number of benzene rings is 2. The number of hydrogen-bond donors (Lipinski definition) is 2. The maximum absolute atomic E-state index is 12.5. The quantitative estimate of drug-likeness (QED) is 0.860. The number of urea groups is 1. The molecule has 0 radical (unpaired) electrons. The number of hydrogen-bond acceptors (Lipinski definition) is 3. The molecule has 6 heteroatoms. The number of aryl methyl sites for hydroxylation is 1. The second kappa shape index (κ2) is 6.95. The topological polar surface area (TPSA) is 70.7 Å². The highest BCUT2D eigenvalue weighted by Crippen LogP contribution is 2.33. The van der Waals surface area contributed by atoms with Crippen molar-refractivity contribution in [3.05, 3.63) is 65.2 Å². The van der Waals surface area contributed by atoms with Crippen LogP contribution in [0.4, 0.5) is 4.79 Å². The van der Waals surface area contributed by atoms with Crippen LogP contribution in [0, 0.1) is 6.92 Å². The number of rotatable bonds is 2. The second-order valence-electron chi connectivity index (χ2n) is 7.18. The Morgan fingerprint density at radius 3 is 2.59 bits per heavy atom. The molecule has 1 saturated heterocycles. The first-order valence-corrected chi connectivity index (χ1v) is 9.24. The molecule has 0 unspecified atom stereocenters. The second-order valence-corrected chi connectivity index (χ2v) is 7.18. The summed E-state index contributed by atoms with van der Waals surface area (Å²) in [6.45, 7) is 3.60. The number of nitrogens with one attached hydrogen (secondary N) is 2. The van der Waals surface area contributed by atoms with Crippen LogP contribution in [0.1, 0.15) is 34.3 Å². The Morgan fingerprint density at radius 1 is 1.15 bits per heavy atom. The molecule has 0 aromatic heterocycles. The highest BCUT2D eigenvalue weighted by molar-refractivity contribution is 5.98. The van der Waals surface area contributed by atoms with Crippen molar-refractivity contribution in [2.24, 2.45) is 0 Å². The van der Waals surface area contributed by atoms with Gasteiger partial charge in [0.25, 0.3) is 5.91 Å². The summed E-state index contributed by atoms with van der Waals surface area (Å²) < 4.78 is 6.11. The van der Waals surface area contributed by atoms with Crippen molar-refractivity contribution >= 4 is 11.9 Å². The van der Waals surface area contributed by atoms with E-state index in [9.17, 15) is 9.59 Å². The molecular weight excluding hydrogens is 342 g/mol. The van der Waals surface area contributed by atoms with Gasteiger partial charge >= 0.3 is 6.03 Å². The zero-order valence-electron chi connectivity index (χ0n) is 15.3. The maximum atomic E-state index is 12.5. The van der Waals surface area contributed by atoms with E-state index in [0.717, 1.165) is 5.56 Å². The number of piperidine rings is 1. The Labute approximate surface area is 158 Å². The zero-order valence-corrected chi connectivity index (χ0v) is 15.3. The molecule has 27 heavy (non-hydrogen) atoms. The third-order valence-electron chi connectivity index (χ3n) is 5.20. The Balaban J connectivity index is 1.34. The number of nitrogens with zero attached hydrogens (tertiary/aromatic N) is 1. The number of amides is 3. The number of fused-ring (bicyclic) bond motifs is 1. The highest BCUT2D eigenvalue weighted by Gasteiger charge is 2.43. The number of likely N-dealkylation sites (tertiary alicyclic amines) is 1. The Bertz CT molecular complexity index is 855. The van der Waals surface area contributed by atoms with E-state index in [1.54, 1.807) is 11.0 Å². The summed E-state index contributed by atoms with van der Waals surface area (Å²) >= 11 is 0. The summed E-state index contributed by atoms with van der Waals surface area (Å²) in [6, 6.07) is 15.3. The summed E-state index contributed by atoms with van der Waals surface area (Å²) in [5.74, 6) is 0.493. The molecule has 2 aliphatic rings. The molecular formula is C21H23N3O3. The average molecular weight is 365 g/mol. The van der Waals surface area contributed by atoms with Gasteiger partial charge in [-0.25, -0.2) is 4.79 Å². The Kier molecular flexibility index (Phi) is 4.48. The van der Waals surface area contributed by atoms with Gasteiger partial charge in [-0.2, -0.15) is 0 Å². The minimum Gasteiger partial charge on any atom is -0.467 e. The third-order valence-corrected chi connectivity index (χ3v) is 5.20. The largest absolute Gasteiger partial charge is 0.467 e. The molecule has 0 aliphatic carbocycles. The molecule has 1 spiro atoms. The van der Waals surface area contributed by atoms with Gasteiger partial charge in [-0.05, 0) is 24.6 Å². The zero-order chi connectivity index (χ0) is 18.9. The highest BCUT2D eigenvalue weighted by atomic mass is 16.5. The van der Waals surface area contributed by atoms with Gasteiger partial charge in [0.1, 0.15) is 5.75 Å². The lowest BCUT2D eigenvalue weighted by molar-refractivity contribution is -0.0212. The summed E-state index contributed by atoms with van der Waals surface area (Å²) in [5.41, 5.74) is 2.10. The van der Waals surface area contributed by atoms with Crippen LogP contribution in [0.2, 0.25) is 0 Å². The molecule has 2 N–H and O–H groups in total. The van der Waals surface area contributed by atoms with Gasteiger partial charge in [-0.15, -0.1) is 0 Å². The van der Waals surface area contributed by atoms with Crippen LogP contribution in [-0.2, 0) is 6.54 Å². The molecule has 4 rings (SSSR count). The van der Waals surface area contributed by atoms with Crippen LogP contribution in [-0.4, -0.2) is 35.7 Å². The van der Waals surface area contributed by atoms with Crippen LogP contribution >= 0.6 is 0 Å². The summed E-state index contributed by atoms with van der Waals surface area (Å²) in [6.07, 6.45) is 1.12. The number of para-hydroxylation sites is 1. The fraction of sp³-hybridized carbons (Fsp3) is 0.333. The smallest absolute Gasteiger partial charge is 0.317 e. The van der Waals surface area contributed by atoms with Crippen molar-refractivity contribution in [2.75, 3.05) is 13.1 Å². The standard InChI is InChI=1S/C21H23N3O3/c1-15-6-8-16(9-7-15)14-22-20(26)24-12-10-21(11-13-24)23-19(25)17-4-2-3-5-18(17)27-21/h2-9H,10-14H2,1H3,(H,22,26)(H,23,25). The molecule has 3 amide bonds. The fourth-order valence-corrected chi connectivity index (χ4v) is 3.55. The van der Waals surface area contributed by atoms with Gasteiger partial charge in [0.2, 0.25) is 0 Å². The lowest BCUT2D eigenvalue weighted by Gasteiger charge is -2.44. The van der Waals surface area contributed by atoms with Gasteiger partial charge in [0, 0.05) is 32.5 Å². The van der Waals surface area contributed by atoms with Crippen molar-refractivity contribution in [2.45, 2.75) is 32.0 Å². The Morgan fingerprint density at radius 2 is 1.85 bits per heavy atom. The van der Waals surface area contributed by atoms with E-state index in [2.05, 4.69) is 10.6 Å². The summed E-state index contributed by atoms with van der Waals surface area (Å²) in [4.78, 5) is 26.6. The average Bonchev–Trinajstić information content (AvgIpc) is 2.68. The number of carbonyl (C=O) groups is 2. The summed E-state index contributed by atoms with van der Waals surface area (Å²) in [7, 11) is 0. The van der Waals surface area contributed by atoms with E-state index in [0.29, 0.717) is 43.8 Å². The maximum Gasteiger partial charge on any atom is 0.317 e. The lowest BCUT2D eigenvalue weighted by Crippen LogP contribution is -2.62. The number of carbonyl (C=O) groups excluding carboxylic acids is 2. The molecule has 2 heterocycles. The van der Waals surface area contributed by atoms with E-state index in [-0.39, 0.29) is 11.9 Å². The molecule has 0 bridgehead atoms.